The van der Waals surface area contributed by atoms with E-state index in [2.05, 4.69) is 25.9 Å². The topological polar surface area (TPSA) is 140 Å². The Morgan fingerprint density at radius 1 is 1.11 bits per heavy atom. The van der Waals surface area contributed by atoms with Crippen molar-refractivity contribution in [1.29, 1.82) is 0 Å². The van der Waals surface area contributed by atoms with Crippen LogP contribution in [-0.4, -0.2) is 55.1 Å². The van der Waals surface area contributed by atoms with Crippen LogP contribution in [0.5, 0.6) is 11.5 Å². The monoisotopic (exact) mass is 490 g/mol. The number of nitrogens with zero attached hydrogens (tertiary/aromatic N) is 2. The van der Waals surface area contributed by atoms with E-state index >= 15 is 0 Å². The van der Waals surface area contributed by atoms with Gasteiger partial charge in [0.2, 0.25) is 0 Å². The van der Waals surface area contributed by atoms with E-state index in [1.54, 1.807) is 44.6 Å². The molecule has 4 rings (SSSR count). The SMILES string of the molecule is COc1ccc(CNC(=O)c2cccc(-c3cnc(N)c(C(=O)NC4CCCNC4)n3)c2)cc1OC. The van der Waals surface area contributed by atoms with Gasteiger partial charge in [-0.3, -0.25) is 9.59 Å². The minimum absolute atomic E-state index is 0.0220. The highest BCUT2D eigenvalue weighted by atomic mass is 16.5. The number of hydrogen-bond acceptors (Lipinski definition) is 8. The van der Waals surface area contributed by atoms with Crippen LogP contribution in [0.25, 0.3) is 11.3 Å². The third kappa shape index (κ3) is 5.89. The summed E-state index contributed by atoms with van der Waals surface area (Å²) in [7, 11) is 3.13. The minimum atomic E-state index is -0.362. The second kappa shape index (κ2) is 11.5. The van der Waals surface area contributed by atoms with Crippen LogP contribution in [0.15, 0.2) is 48.7 Å². The zero-order valence-corrected chi connectivity index (χ0v) is 20.3. The highest BCUT2D eigenvalue weighted by Crippen LogP contribution is 2.27. The molecule has 0 radical (unpaired) electrons. The molecule has 0 aliphatic carbocycles. The number of aromatic nitrogens is 2. The Kier molecular flexibility index (Phi) is 7.96. The lowest BCUT2D eigenvalue weighted by molar-refractivity contribution is 0.0923. The third-order valence-corrected chi connectivity index (χ3v) is 5.97. The van der Waals surface area contributed by atoms with E-state index in [1.165, 1.54) is 6.20 Å². The summed E-state index contributed by atoms with van der Waals surface area (Å²) in [6.07, 6.45) is 3.38. The van der Waals surface area contributed by atoms with Gasteiger partial charge in [0.25, 0.3) is 11.8 Å². The molecule has 1 fully saturated rings. The number of carbonyl (C=O) groups is 2. The molecule has 188 valence electrons. The van der Waals surface area contributed by atoms with Crippen molar-refractivity contribution in [3.05, 3.63) is 65.5 Å². The van der Waals surface area contributed by atoms with Gasteiger partial charge in [0.05, 0.1) is 26.1 Å². The first-order valence-electron chi connectivity index (χ1n) is 11.7. The first kappa shape index (κ1) is 24.9. The molecule has 1 aliphatic heterocycles. The van der Waals surface area contributed by atoms with E-state index < -0.39 is 0 Å². The molecule has 1 atom stereocenters. The molecular formula is C26H30N6O4. The van der Waals surface area contributed by atoms with Crippen molar-refractivity contribution in [2.75, 3.05) is 33.0 Å². The number of hydrogen-bond donors (Lipinski definition) is 4. The lowest BCUT2D eigenvalue weighted by Crippen LogP contribution is -2.46. The van der Waals surface area contributed by atoms with Crippen LogP contribution in [0.4, 0.5) is 5.82 Å². The Labute approximate surface area is 209 Å². The summed E-state index contributed by atoms with van der Waals surface area (Å²) in [5, 5.41) is 9.13. The lowest BCUT2D eigenvalue weighted by Gasteiger charge is -2.23. The number of benzene rings is 2. The normalized spacial score (nSPS) is 15.1. The largest absolute Gasteiger partial charge is 0.493 e. The van der Waals surface area contributed by atoms with Gasteiger partial charge in [-0.25, -0.2) is 9.97 Å². The molecule has 10 heteroatoms. The average molecular weight is 491 g/mol. The maximum absolute atomic E-state index is 12.8. The van der Waals surface area contributed by atoms with Gasteiger partial charge in [-0.15, -0.1) is 0 Å². The van der Waals surface area contributed by atoms with Crippen LogP contribution in [0.2, 0.25) is 0 Å². The predicted octanol–water partition coefficient (Wildman–Crippen LogP) is 2.15. The molecule has 1 aliphatic rings. The van der Waals surface area contributed by atoms with Gasteiger partial charge in [-0.2, -0.15) is 0 Å². The summed E-state index contributed by atoms with van der Waals surface area (Å²) in [4.78, 5) is 34.3. The highest BCUT2D eigenvalue weighted by Gasteiger charge is 2.20. The second-order valence-electron chi connectivity index (χ2n) is 8.46. The van der Waals surface area contributed by atoms with Crippen LogP contribution in [0.3, 0.4) is 0 Å². The number of anilines is 1. The van der Waals surface area contributed by atoms with E-state index in [4.69, 9.17) is 15.2 Å². The van der Waals surface area contributed by atoms with E-state index in [9.17, 15) is 9.59 Å². The number of amides is 2. The molecule has 1 aromatic heterocycles. The summed E-state index contributed by atoms with van der Waals surface area (Å²) in [5.74, 6) is 0.655. The number of nitrogens with one attached hydrogen (secondary N) is 3. The van der Waals surface area contributed by atoms with Gasteiger partial charge < -0.3 is 31.2 Å². The number of rotatable bonds is 8. The maximum atomic E-state index is 12.8. The number of carbonyl (C=O) groups excluding carboxylic acids is 2. The summed E-state index contributed by atoms with van der Waals surface area (Å²) in [6.45, 7) is 1.96. The van der Waals surface area contributed by atoms with Gasteiger partial charge in [0.1, 0.15) is 0 Å². The van der Waals surface area contributed by atoms with Crippen molar-refractivity contribution in [3.8, 4) is 22.8 Å². The number of piperidine rings is 1. The summed E-state index contributed by atoms with van der Waals surface area (Å²) >= 11 is 0. The maximum Gasteiger partial charge on any atom is 0.274 e. The molecule has 2 aromatic carbocycles. The number of nitrogens with two attached hydrogens (primary N) is 1. The fourth-order valence-electron chi connectivity index (χ4n) is 4.03. The summed E-state index contributed by atoms with van der Waals surface area (Å²) in [6, 6.07) is 12.5. The molecule has 2 amide bonds. The summed E-state index contributed by atoms with van der Waals surface area (Å²) < 4.78 is 10.6. The number of ether oxygens (including phenoxy) is 2. The molecule has 1 unspecified atom stereocenters. The van der Waals surface area contributed by atoms with Gasteiger partial charge in [0.15, 0.2) is 23.0 Å². The van der Waals surface area contributed by atoms with Crippen molar-refractivity contribution in [1.82, 2.24) is 25.9 Å². The van der Waals surface area contributed by atoms with E-state index in [0.29, 0.717) is 41.4 Å². The molecule has 1 saturated heterocycles. The van der Waals surface area contributed by atoms with E-state index in [1.807, 2.05) is 12.1 Å². The van der Waals surface area contributed by atoms with Gasteiger partial charge in [-0.05, 0) is 49.2 Å². The smallest absolute Gasteiger partial charge is 0.274 e. The first-order valence-corrected chi connectivity index (χ1v) is 11.7. The molecule has 10 nitrogen and oxygen atoms in total. The minimum Gasteiger partial charge on any atom is -0.493 e. The standard InChI is InChI=1S/C26H30N6O4/c1-35-21-9-8-16(11-22(21)36-2)13-30-25(33)18-6-3-5-17(12-18)20-15-29-24(27)23(32-20)26(34)31-19-7-4-10-28-14-19/h3,5-6,8-9,11-12,15,19,28H,4,7,10,13-14H2,1-2H3,(H2,27,29)(H,30,33)(H,31,34). The lowest BCUT2D eigenvalue weighted by atomic mass is 10.1. The molecule has 3 aromatic rings. The van der Waals surface area contributed by atoms with E-state index in [0.717, 1.165) is 24.9 Å². The molecular weight excluding hydrogens is 460 g/mol. The molecule has 0 saturated carbocycles. The summed E-state index contributed by atoms with van der Waals surface area (Å²) in [5.41, 5.74) is 8.44. The van der Waals surface area contributed by atoms with Crippen LogP contribution < -0.4 is 31.2 Å². The molecule has 36 heavy (non-hydrogen) atoms. The second-order valence-corrected chi connectivity index (χ2v) is 8.46. The highest BCUT2D eigenvalue weighted by molar-refractivity contribution is 5.97. The average Bonchev–Trinajstić information content (AvgIpc) is 2.92. The Hall–Kier alpha value is -4.18. The quantitative estimate of drug-likeness (QED) is 0.377. The van der Waals surface area contributed by atoms with Gasteiger partial charge in [0, 0.05) is 30.3 Å². The van der Waals surface area contributed by atoms with Crippen molar-refractivity contribution >= 4 is 17.6 Å². The Bertz CT molecular complexity index is 1240. The third-order valence-electron chi connectivity index (χ3n) is 5.97. The predicted molar refractivity (Wildman–Crippen MR) is 136 cm³/mol. The number of nitrogen functional groups attached to an aromatic ring is 1. The van der Waals surface area contributed by atoms with Crippen LogP contribution in [0.1, 0.15) is 39.3 Å². The Morgan fingerprint density at radius 2 is 1.94 bits per heavy atom. The van der Waals surface area contributed by atoms with Gasteiger partial charge in [-0.1, -0.05) is 18.2 Å². The molecule has 5 N–H and O–H groups in total. The van der Waals surface area contributed by atoms with Crippen molar-refractivity contribution < 1.29 is 19.1 Å². The van der Waals surface area contributed by atoms with Crippen LogP contribution >= 0.6 is 0 Å². The fourth-order valence-corrected chi connectivity index (χ4v) is 4.03. The number of methoxy groups -OCH3 is 2. The van der Waals surface area contributed by atoms with Crippen molar-refractivity contribution in [2.24, 2.45) is 0 Å². The Morgan fingerprint density at radius 3 is 2.69 bits per heavy atom. The van der Waals surface area contributed by atoms with Crippen molar-refractivity contribution in [3.63, 3.8) is 0 Å². The van der Waals surface area contributed by atoms with Crippen LogP contribution in [-0.2, 0) is 6.54 Å². The van der Waals surface area contributed by atoms with Gasteiger partial charge >= 0.3 is 0 Å². The molecule has 0 bridgehead atoms. The zero-order valence-electron chi connectivity index (χ0n) is 20.3. The fraction of sp³-hybridized carbons (Fsp3) is 0.308. The zero-order chi connectivity index (χ0) is 25.5. The molecule has 2 heterocycles. The van der Waals surface area contributed by atoms with Crippen molar-refractivity contribution in [2.45, 2.75) is 25.4 Å². The first-order chi connectivity index (χ1) is 17.5. The Balaban J connectivity index is 1.47. The molecule has 0 spiro atoms. The van der Waals surface area contributed by atoms with Crippen LogP contribution in [0, 0.1) is 0 Å². The van der Waals surface area contributed by atoms with E-state index in [-0.39, 0.29) is 29.4 Å².